The van der Waals surface area contributed by atoms with E-state index >= 15 is 0 Å². The van der Waals surface area contributed by atoms with Gasteiger partial charge in [0.05, 0.1) is 17.1 Å². The van der Waals surface area contributed by atoms with E-state index in [1.807, 2.05) is 16.7 Å². The highest BCUT2D eigenvalue weighted by Gasteiger charge is 2.18. The van der Waals surface area contributed by atoms with Gasteiger partial charge in [-0.15, -0.1) is 0 Å². The highest BCUT2D eigenvalue weighted by Crippen LogP contribution is 2.36. The Labute approximate surface area is 111 Å². The third-order valence-electron chi connectivity index (χ3n) is 3.30. The molecule has 0 spiro atoms. The minimum Gasteiger partial charge on any atom is -0.454 e. The van der Waals surface area contributed by atoms with E-state index < -0.39 is 0 Å². The molecule has 1 aliphatic rings. The summed E-state index contributed by atoms with van der Waals surface area (Å²) in [6, 6.07) is 6.00. The lowest BCUT2D eigenvalue weighted by molar-refractivity contribution is 0.174. The lowest BCUT2D eigenvalue weighted by Gasteiger charge is -2.04. The predicted molar refractivity (Wildman–Crippen MR) is 70.1 cm³/mol. The zero-order chi connectivity index (χ0) is 13.2. The molecule has 1 aromatic heterocycles. The van der Waals surface area contributed by atoms with Crippen molar-refractivity contribution in [1.82, 2.24) is 9.55 Å². The number of aromatic nitrogens is 2. The van der Waals surface area contributed by atoms with Crippen LogP contribution >= 0.6 is 0 Å². The lowest BCUT2D eigenvalue weighted by Crippen LogP contribution is -2.02. The van der Waals surface area contributed by atoms with Gasteiger partial charge in [-0.05, 0) is 6.42 Å². The molecule has 0 N–H and O–H groups in total. The van der Waals surface area contributed by atoms with E-state index in [4.69, 9.17) is 14.7 Å². The molecule has 0 atom stereocenters. The fraction of sp³-hybridized carbons (Fsp3) is 0.429. The Kier molecular flexibility index (Phi) is 3.00. The van der Waals surface area contributed by atoms with Crippen LogP contribution in [-0.2, 0) is 13.0 Å². The average Bonchev–Trinajstić information content (AvgIpc) is 2.99. The number of unbranched alkanes of at least 4 members (excludes halogenated alkanes) is 1. The third-order valence-corrected chi connectivity index (χ3v) is 3.30. The summed E-state index contributed by atoms with van der Waals surface area (Å²) >= 11 is 0. The van der Waals surface area contributed by atoms with Gasteiger partial charge >= 0.3 is 0 Å². The smallest absolute Gasteiger partial charge is 0.231 e. The average molecular weight is 257 g/mol. The number of fused-ring (bicyclic) bond motifs is 2. The van der Waals surface area contributed by atoms with Gasteiger partial charge in [-0.25, -0.2) is 4.98 Å². The van der Waals surface area contributed by atoms with Crippen LogP contribution in [0.15, 0.2) is 12.1 Å². The second kappa shape index (κ2) is 4.81. The first-order valence-electron chi connectivity index (χ1n) is 6.49. The number of nitrogens with zero attached hydrogens (tertiary/aromatic N) is 3. The fourth-order valence-electron chi connectivity index (χ4n) is 2.34. The van der Waals surface area contributed by atoms with Crippen LogP contribution in [0.2, 0.25) is 0 Å². The molecule has 5 nitrogen and oxygen atoms in total. The topological polar surface area (TPSA) is 60.1 Å². The van der Waals surface area contributed by atoms with Crippen molar-refractivity contribution in [2.45, 2.75) is 32.7 Å². The van der Waals surface area contributed by atoms with Crippen LogP contribution in [0.4, 0.5) is 0 Å². The fourth-order valence-corrected chi connectivity index (χ4v) is 2.34. The molecule has 2 aromatic rings. The minimum absolute atomic E-state index is 0.253. The summed E-state index contributed by atoms with van der Waals surface area (Å²) in [5.41, 5.74) is 1.81. The molecule has 0 amide bonds. The molecule has 0 fully saturated rings. The quantitative estimate of drug-likeness (QED) is 0.844. The summed E-state index contributed by atoms with van der Waals surface area (Å²) in [5, 5.41) is 8.99. The first-order valence-corrected chi connectivity index (χ1v) is 6.49. The molecule has 0 unspecified atom stereocenters. The molecule has 19 heavy (non-hydrogen) atoms. The van der Waals surface area contributed by atoms with Crippen molar-refractivity contribution in [3.63, 3.8) is 0 Å². The van der Waals surface area contributed by atoms with Crippen molar-refractivity contribution < 1.29 is 9.47 Å². The molecule has 1 aromatic carbocycles. The summed E-state index contributed by atoms with van der Waals surface area (Å²) < 4.78 is 12.7. The maximum absolute atomic E-state index is 8.99. The molecule has 2 heterocycles. The second-order valence-corrected chi connectivity index (χ2v) is 4.57. The Hall–Kier alpha value is -2.22. The maximum Gasteiger partial charge on any atom is 0.231 e. The summed E-state index contributed by atoms with van der Waals surface area (Å²) in [6.45, 7) is 2.71. The number of hydrogen-bond acceptors (Lipinski definition) is 4. The van der Waals surface area contributed by atoms with Gasteiger partial charge in [-0.1, -0.05) is 13.3 Å². The van der Waals surface area contributed by atoms with Crippen LogP contribution in [0.1, 0.15) is 25.6 Å². The van der Waals surface area contributed by atoms with Gasteiger partial charge in [0.2, 0.25) is 6.79 Å². The molecule has 0 radical (unpaired) electrons. The maximum atomic E-state index is 8.99. The highest BCUT2D eigenvalue weighted by molar-refractivity contribution is 5.81. The van der Waals surface area contributed by atoms with Crippen LogP contribution in [0.5, 0.6) is 11.5 Å². The number of ether oxygens (including phenoxy) is 2. The van der Waals surface area contributed by atoms with Gasteiger partial charge in [-0.3, -0.25) is 0 Å². The Bertz CT molecular complexity index is 655. The molecular formula is C14H15N3O2. The molecule has 5 heteroatoms. The molecule has 0 saturated heterocycles. The third kappa shape index (κ3) is 1.99. The van der Waals surface area contributed by atoms with Crippen molar-refractivity contribution in [3.05, 3.63) is 18.0 Å². The number of imidazole rings is 1. The van der Waals surface area contributed by atoms with Gasteiger partial charge in [0.1, 0.15) is 12.4 Å². The van der Waals surface area contributed by atoms with Gasteiger partial charge in [0.25, 0.3) is 0 Å². The van der Waals surface area contributed by atoms with E-state index in [1.54, 1.807) is 0 Å². The minimum atomic E-state index is 0.253. The molecule has 0 aliphatic carbocycles. The summed E-state index contributed by atoms with van der Waals surface area (Å²) in [4.78, 5) is 4.62. The van der Waals surface area contributed by atoms with Crippen molar-refractivity contribution in [3.8, 4) is 17.6 Å². The largest absolute Gasteiger partial charge is 0.454 e. The SMILES string of the molecule is CCCCc1nc2cc3c(cc2n1CC#N)OCO3. The second-order valence-electron chi connectivity index (χ2n) is 4.57. The summed E-state index contributed by atoms with van der Waals surface area (Å²) in [7, 11) is 0. The van der Waals surface area contributed by atoms with Gasteiger partial charge in [-0.2, -0.15) is 5.26 Å². The molecule has 0 bridgehead atoms. The number of rotatable bonds is 4. The zero-order valence-electron chi connectivity index (χ0n) is 10.8. The zero-order valence-corrected chi connectivity index (χ0v) is 10.8. The molecule has 1 aliphatic heterocycles. The van der Waals surface area contributed by atoms with Gasteiger partial charge in [0, 0.05) is 18.6 Å². The monoisotopic (exact) mass is 257 g/mol. The van der Waals surface area contributed by atoms with E-state index in [-0.39, 0.29) is 6.79 Å². The molecule has 0 saturated carbocycles. The Balaban J connectivity index is 2.11. The normalized spacial score (nSPS) is 12.8. The van der Waals surface area contributed by atoms with Crippen LogP contribution in [0.3, 0.4) is 0 Å². The van der Waals surface area contributed by atoms with Crippen LogP contribution in [-0.4, -0.2) is 16.3 Å². The predicted octanol–water partition coefficient (Wildman–Crippen LogP) is 2.63. The molecular weight excluding hydrogens is 242 g/mol. The van der Waals surface area contributed by atoms with E-state index in [0.717, 1.165) is 47.6 Å². The van der Waals surface area contributed by atoms with Crippen molar-refractivity contribution in [1.29, 1.82) is 5.26 Å². The molecule has 98 valence electrons. The number of nitriles is 1. The van der Waals surface area contributed by atoms with E-state index in [0.29, 0.717) is 6.54 Å². The van der Waals surface area contributed by atoms with Gasteiger partial charge < -0.3 is 14.0 Å². The highest BCUT2D eigenvalue weighted by atomic mass is 16.7. The van der Waals surface area contributed by atoms with Crippen molar-refractivity contribution >= 4 is 11.0 Å². The first kappa shape index (κ1) is 11.8. The Morgan fingerprint density at radius 3 is 2.89 bits per heavy atom. The number of hydrogen-bond donors (Lipinski definition) is 0. The lowest BCUT2D eigenvalue weighted by atomic mass is 10.2. The van der Waals surface area contributed by atoms with Crippen LogP contribution in [0.25, 0.3) is 11.0 Å². The van der Waals surface area contributed by atoms with E-state index in [2.05, 4.69) is 18.0 Å². The van der Waals surface area contributed by atoms with Crippen LogP contribution < -0.4 is 9.47 Å². The number of benzene rings is 1. The molecule has 3 rings (SSSR count). The van der Waals surface area contributed by atoms with Gasteiger partial charge in [0.15, 0.2) is 11.5 Å². The van der Waals surface area contributed by atoms with E-state index in [1.165, 1.54) is 0 Å². The van der Waals surface area contributed by atoms with Crippen LogP contribution in [0, 0.1) is 11.3 Å². The van der Waals surface area contributed by atoms with Crippen molar-refractivity contribution in [2.75, 3.05) is 6.79 Å². The standard InChI is InChI=1S/C14H15N3O2/c1-2-3-4-14-16-10-7-12-13(19-9-18-12)8-11(10)17(14)6-5-15/h7-8H,2-4,6,9H2,1H3. The summed E-state index contributed by atoms with van der Waals surface area (Å²) in [6.07, 6.45) is 3.07. The Morgan fingerprint density at radius 1 is 1.37 bits per heavy atom. The summed E-state index contributed by atoms with van der Waals surface area (Å²) in [5.74, 6) is 2.42. The van der Waals surface area contributed by atoms with E-state index in [9.17, 15) is 0 Å². The Morgan fingerprint density at radius 2 is 2.16 bits per heavy atom. The number of aryl methyl sites for hydroxylation is 1. The first-order chi connectivity index (χ1) is 9.33. The van der Waals surface area contributed by atoms with Crippen molar-refractivity contribution in [2.24, 2.45) is 0 Å².